The standard InChI is InChI=1S/C15H13N5O4S/c1-2-24-15(23)12-13(25-19-18-12)17-11(21)7-20-8-16-10-6-4-3-5-9(10)14(20)22/h3-6,8H,2,7H2,1H3,(H,17,21). The monoisotopic (exact) mass is 359 g/mol. The Morgan fingerprint density at radius 1 is 1.32 bits per heavy atom. The van der Waals surface area contributed by atoms with Crippen molar-refractivity contribution >= 4 is 39.3 Å². The predicted octanol–water partition coefficient (Wildman–Crippen LogP) is 1.06. The third kappa shape index (κ3) is 3.53. The Bertz CT molecular complexity index is 997. The van der Waals surface area contributed by atoms with Crippen LogP contribution in [-0.4, -0.2) is 37.6 Å². The van der Waals surface area contributed by atoms with Crippen LogP contribution in [0.5, 0.6) is 0 Å². The Labute approximate surface area is 145 Å². The Balaban J connectivity index is 1.78. The Morgan fingerprint density at radius 2 is 2.12 bits per heavy atom. The van der Waals surface area contributed by atoms with Crippen molar-refractivity contribution in [2.24, 2.45) is 0 Å². The van der Waals surface area contributed by atoms with Crippen LogP contribution in [0.25, 0.3) is 10.9 Å². The molecule has 0 radical (unpaired) electrons. The molecule has 0 aliphatic heterocycles. The summed E-state index contributed by atoms with van der Waals surface area (Å²) in [6.45, 7) is 1.59. The molecule has 0 fully saturated rings. The number of nitrogens with one attached hydrogen (secondary N) is 1. The van der Waals surface area contributed by atoms with E-state index in [-0.39, 0.29) is 29.4 Å². The molecule has 1 aromatic carbocycles. The average Bonchev–Trinajstić information content (AvgIpc) is 3.06. The first-order valence-corrected chi connectivity index (χ1v) is 8.11. The van der Waals surface area contributed by atoms with Gasteiger partial charge in [0, 0.05) is 11.5 Å². The highest BCUT2D eigenvalue weighted by atomic mass is 32.1. The van der Waals surface area contributed by atoms with E-state index in [0.29, 0.717) is 10.9 Å². The van der Waals surface area contributed by atoms with Crippen LogP contribution >= 0.6 is 11.5 Å². The highest BCUT2D eigenvalue weighted by Gasteiger charge is 2.19. The molecule has 0 aliphatic rings. The average molecular weight is 359 g/mol. The summed E-state index contributed by atoms with van der Waals surface area (Å²) in [5, 5.41) is 6.76. The maximum Gasteiger partial charge on any atom is 0.362 e. The molecule has 0 bridgehead atoms. The number of anilines is 1. The van der Waals surface area contributed by atoms with Crippen molar-refractivity contribution in [1.29, 1.82) is 0 Å². The number of amides is 1. The predicted molar refractivity (Wildman–Crippen MR) is 90.5 cm³/mol. The van der Waals surface area contributed by atoms with Gasteiger partial charge in [-0.1, -0.05) is 16.6 Å². The van der Waals surface area contributed by atoms with Crippen LogP contribution in [0.1, 0.15) is 17.4 Å². The van der Waals surface area contributed by atoms with E-state index in [0.717, 1.165) is 11.5 Å². The smallest absolute Gasteiger partial charge is 0.362 e. The number of rotatable bonds is 5. The zero-order valence-electron chi connectivity index (χ0n) is 13.1. The van der Waals surface area contributed by atoms with Gasteiger partial charge >= 0.3 is 5.97 Å². The van der Waals surface area contributed by atoms with Crippen molar-refractivity contribution in [3.8, 4) is 0 Å². The Kier molecular flexibility index (Phi) is 4.80. The van der Waals surface area contributed by atoms with Crippen LogP contribution in [0.3, 0.4) is 0 Å². The summed E-state index contributed by atoms with van der Waals surface area (Å²) in [5.74, 6) is -1.17. The molecule has 0 unspecified atom stereocenters. The Hall–Kier alpha value is -3.14. The third-order valence-electron chi connectivity index (χ3n) is 3.26. The van der Waals surface area contributed by atoms with Crippen LogP contribution in [-0.2, 0) is 16.1 Å². The van der Waals surface area contributed by atoms with Gasteiger partial charge in [0.1, 0.15) is 6.54 Å². The van der Waals surface area contributed by atoms with Crippen LogP contribution in [0.4, 0.5) is 5.00 Å². The molecule has 10 heteroatoms. The molecule has 1 amide bonds. The van der Waals surface area contributed by atoms with Gasteiger partial charge in [-0.05, 0) is 19.1 Å². The number of hydrogen-bond donors (Lipinski definition) is 1. The largest absolute Gasteiger partial charge is 0.461 e. The lowest BCUT2D eigenvalue weighted by molar-refractivity contribution is -0.116. The van der Waals surface area contributed by atoms with Crippen molar-refractivity contribution in [2.45, 2.75) is 13.5 Å². The number of fused-ring (bicyclic) bond motifs is 1. The topological polar surface area (TPSA) is 116 Å². The van der Waals surface area contributed by atoms with Gasteiger partial charge in [0.05, 0.1) is 23.8 Å². The van der Waals surface area contributed by atoms with Gasteiger partial charge < -0.3 is 10.1 Å². The second kappa shape index (κ2) is 7.18. The number of benzene rings is 1. The molecule has 3 rings (SSSR count). The summed E-state index contributed by atoms with van der Waals surface area (Å²) in [6, 6.07) is 6.87. The molecule has 9 nitrogen and oxygen atoms in total. The molecule has 128 valence electrons. The first-order valence-electron chi connectivity index (χ1n) is 7.33. The van der Waals surface area contributed by atoms with Crippen LogP contribution in [0.2, 0.25) is 0 Å². The summed E-state index contributed by atoms with van der Waals surface area (Å²) in [7, 11) is 0. The van der Waals surface area contributed by atoms with Crippen molar-refractivity contribution < 1.29 is 14.3 Å². The molecule has 0 saturated carbocycles. The van der Waals surface area contributed by atoms with E-state index in [9.17, 15) is 14.4 Å². The number of aromatic nitrogens is 4. The fourth-order valence-corrected chi connectivity index (χ4v) is 2.72. The molecule has 2 aromatic heterocycles. The van der Waals surface area contributed by atoms with Crippen molar-refractivity contribution in [3.05, 3.63) is 46.6 Å². The van der Waals surface area contributed by atoms with Gasteiger partial charge in [-0.2, -0.15) is 0 Å². The summed E-state index contributed by atoms with van der Waals surface area (Å²) < 4.78 is 9.67. The van der Waals surface area contributed by atoms with Crippen LogP contribution in [0.15, 0.2) is 35.4 Å². The number of carbonyl (C=O) groups excluding carboxylic acids is 2. The molecule has 0 saturated heterocycles. The van der Waals surface area contributed by atoms with Crippen LogP contribution in [0, 0.1) is 0 Å². The quantitative estimate of drug-likeness (QED) is 0.677. The maximum absolute atomic E-state index is 12.4. The van der Waals surface area contributed by atoms with Crippen molar-refractivity contribution in [1.82, 2.24) is 19.1 Å². The number of hydrogen-bond acceptors (Lipinski definition) is 8. The van der Waals surface area contributed by atoms with Gasteiger partial charge in [0.15, 0.2) is 5.00 Å². The van der Waals surface area contributed by atoms with E-state index < -0.39 is 11.9 Å². The van der Waals surface area contributed by atoms with Gasteiger partial charge in [0.2, 0.25) is 11.6 Å². The highest BCUT2D eigenvalue weighted by Crippen LogP contribution is 2.18. The van der Waals surface area contributed by atoms with E-state index >= 15 is 0 Å². The summed E-state index contributed by atoms with van der Waals surface area (Å²) in [6.07, 6.45) is 1.31. The van der Waals surface area contributed by atoms with Crippen molar-refractivity contribution in [2.75, 3.05) is 11.9 Å². The van der Waals surface area contributed by atoms with E-state index in [1.54, 1.807) is 31.2 Å². The molecule has 0 aliphatic carbocycles. The maximum atomic E-state index is 12.4. The van der Waals surface area contributed by atoms with Crippen molar-refractivity contribution in [3.63, 3.8) is 0 Å². The zero-order valence-corrected chi connectivity index (χ0v) is 13.9. The lowest BCUT2D eigenvalue weighted by Crippen LogP contribution is -2.28. The zero-order chi connectivity index (χ0) is 17.8. The normalized spacial score (nSPS) is 10.6. The molecule has 25 heavy (non-hydrogen) atoms. The van der Waals surface area contributed by atoms with Gasteiger partial charge in [-0.15, -0.1) is 5.10 Å². The molecule has 3 aromatic rings. The molecular weight excluding hydrogens is 346 g/mol. The number of ether oxygens (including phenoxy) is 1. The second-order valence-electron chi connectivity index (χ2n) is 4.91. The van der Waals surface area contributed by atoms with Crippen LogP contribution < -0.4 is 10.9 Å². The lowest BCUT2D eigenvalue weighted by atomic mass is 10.2. The van der Waals surface area contributed by atoms with Gasteiger partial charge in [0.25, 0.3) is 5.56 Å². The SMILES string of the molecule is CCOC(=O)c1nnsc1NC(=O)Cn1cnc2ccccc2c1=O. The third-order valence-corrected chi connectivity index (χ3v) is 3.90. The van der Waals surface area contributed by atoms with E-state index in [1.165, 1.54) is 10.9 Å². The van der Waals surface area contributed by atoms with Gasteiger partial charge in [-0.25, -0.2) is 9.78 Å². The van der Waals surface area contributed by atoms with Gasteiger partial charge in [-0.3, -0.25) is 14.2 Å². The Morgan fingerprint density at radius 3 is 2.92 bits per heavy atom. The minimum atomic E-state index is -0.670. The fourth-order valence-electron chi connectivity index (χ4n) is 2.15. The molecule has 2 heterocycles. The molecule has 0 spiro atoms. The molecule has 1 N–H and O–H groups in total. The highest BCUT2D eigenvalue weighted by molar-refractivity contribution is 7.10. The number of esters is 1. The summed E-state index contributed by atoms with van der Waals surface area (Å²) in [5.41, 5.74) is 0.165. The minimum absolute atomic E-state index is 0.0656. The van der Waals surface area contributed by atoms with E-state index in [4.69, 9.17) is 4.74 Å². The minimum Gasteiger partial charge on any atom is -0.461 e. The van der Waals surface area contributed by atoms with E-state index in [1.807, 2.05) is 0 Å². The van der Waals surface area contributed by atoms with E-state index in [2.05, 4.69) is 19.9 Å². The lowest BCUT2D eigenvalue weighted by Gasteiger charge is -2.07. The number of nitrogens with zero attached hydrogens (tertiary/aromatic N) is 4. The number of carbonyl (C=O) groups is 2. The summed E-state index contributed by atoms with van der Waals surface area (Å²) in [4.78, 5) is 40.5. The molecule has 0 atom stereocenters. The number of para-hydroxylation sites is 1. The first kappa shape index (κ1) is 16.7. The molecular formula is C15H13N5O4S. The fraction of sp³-hybridized carbons (Fsp3) is 0.200. The second-order valence-corrected chi connectivity index (χ2v) is 5.67. The first-order chi connectivity index (χ1) is 12.1. The summed E-state index contributed by atoms with van der Waals surface area (Å²) >= 11 is 0.852.